The molecule has 0 radical (unpaired) electrons. The van der Waals surface area contributed by atoms with E-state index < -0.39 is 0 Å². The fourth-order valence-electron chi connectivity index (χ4n) is 2.57. The third-order valence-electron chi connectivity index (χ3n) is 4.05. The lowest BCUT2D eigenvalue weighted by Crippen LogP contribution is -2.34. The van der Waals surface area contributed by atoms with Crippen molar-refractivity contribution in [3.8, 4) is 0 Å². The van der Waals surface area contributed by atoms with Crippen LogP contribution in [-0.2, 0) is 23.9 Å². The molecule has 0 aromatic carbocycles. The van der Waals surface area contributed by atoms with Gasteiger partial charge in [-0.3, -0.25) is 19.3 Å². The van der Waals surface area contributed by atoms with Gasteiger partial charge in [-0.05, 0) is 19.8 Å². The summed E-state index contributed by atoms with van der Waals surface area (Å²) in [4.78, 5) is 38.0. The van der Waals surface area contributed by atoms with E-state index >= 15 is 0 Å². The van der Waals surface area contributed by atoms with Crippen molar-refractivity contribution in [2.24, 2.45) is 5.73 Å². The van der Waals surface area contributed by atoms with Crippen LogP contribution in [0.2, 0.25) is 0 Å². The van der Waals surface area contributed by atoms with Gasteiger partial charge in [0.1, 0.15) is 0 Å². The molecule has 0 saturated heterocycles. The number of nitrogens with two attached hydrogens (primary N) is 1. The molecule has 0 aliphatic carbocycles. The van der Waals surface area contributed by atoms with Crippen LogP contribution in [0.25, 0.3) is 0 Å². The van der Waals surface area contributed by atoms with Crippen molar-refractivity contribution in [2.45, 2.75) is 32.6 Å². The van der Waals surface area contributed by atoms with E-state index in [4.69, 9.17) is 15.2 Å². The van der Waals surface area contributed by atoms with E-state index in [0.29, 0.717) is 65.4 Å². The monoisotopic (exact) mass is 369 g/mol. The zero-order valence-electron chi connectivity index (χ0n) is 15.7. The summed E-state index contributed by atoms with van der Waals surface area (Å²) in [6.07, 6.45) is 5.30. The van der Waals surface area contributed by atoms with Gasteiger partial charge in [0, 0.05) is 44.8 Å². The molecule has 0 unspecified atom stereocenters. The summed E-state index contributed by atoms with van der Waals surface area (Å²) < 4.78 is 10.7. The van der Waals surface area contributed by atoms with Crippen LogP contribution < -0.4 is 5.73 Å². The van der Waals surface area contributed by atoms with Crippen molar-refractivity contribution >= 4 is 17.7 Å². The largest absolute Gasteiger partial charge is 0.378 e. The molecule has 1 rings (SSSR count). The zero-order valence-corrected chi connectivity index (χ0v) is 15.7. The van der Waals surface area contributed by atoms with Crippen LogP contribution >= 0.6 is 0 Å². The average molecular weight is 369 g/mol. The maximum atomic E-state index is 12.2. The second-order valence-corrected chi connectivity index (χ2v) is 5.96. The van der Waals surface area contributed by atoms with Gasteiger partial charge in [0.15, 0.2) is 0 Å². The molecule has 0 atom stereocenters. The number of amides is 3. The fraction of sp³-hybridized carbons (Fsp3) is 0.722. The van der Waals surface area contributed by atoms with Crippen molar-refractivity contribution in [3.05, 3.63) is 12.2 Å². The number of rotatable bonds is 15. The third-order valence-corrected chi connectivity index (χ3v) is 4.05. The average Bonchev–Trinajstić information content (AvgIpc) is 2.95. The summed E-state index contributed by atoms with van der Waals surface area (Å²) in [5, 5.41) is 0. The van der Waals surface area contributed by atoms with Crippen molar-refractivity contribution in [1.29, 1.82) is 0 Å². The van der Waals surface area contributed by atoms with Crippen LogP contribution in [0.1, 0.15) is 32.6 Å². The quantitative estimate of drug-likeness (QED) is 0.329. The van der Waals surface area contributed by atoms with E-state index in [2.05, 4.69) is 0 Å². The zero-order chi connectivity index (χ0) is 19.2. The van der Waals surface area contributed by atoms with Gasteiger partial charge < -0.3 is 20.1 Å². The number of imide groups is 1. The Bertz CT molecular complexity index is 463. The lowest BCUT2D eigenvalue weighted by molar-refractivity contribution is -0.137. The molecule has 0 spiro atoms. The van der Waals surface area contributed by atoms with Gasteiger partial charge in [0.25, 0.3) is 11.8 Å². The number of hydrogen-bond acceptors (Lipinski definition) is 6. The molecule has 1 aliphatic heterocycles. The molecular formula is C18H31N3O5. The van der Waals surface area contributed by atoms with Gasteiger partial charge in [0.05, 0.1) is 26.4 Å². The second kappa shape index (κ2) is 13.4. The molecule has 26 heavy (non-hydrogen) atoms. The number of hydrogen-bond donors (Lipinski definition) is 1. The SMILES string of the molecule is CCN(CCOCCOCCN)C(=O)CCCCCN1C(=O)C=CC1=O. The van der Waals surface area contributed by atoms with E-state index in [9.17, 15) is 14.4 Å². The lowest BCUT2D eigenvalue weighted by atomic mass is 10.1. The normalized spacial score (nSPS) is 13.7. The molecule has 0 bridgehead atoms. The highest BCUT2D eigenvalue weighted by molar-refractivity contribution is 6.12. The highest BCUT2D eigenvalue weighted by Gasteiger charge is 2.22. The Morgan fingerprint density at radius 3 is 2.31 bits per heavy atom. The molecule has 3 amide bonds. The van der Waals surface area contributed by atoms with Crippen molar-refractivity contribution in [3.63, 3.8) is 0 Å². The van der Waals surface area contributed by atoms with E-state index in [1.165, 1.54) is 17.1 Å². The molecule has 0 aromatic heterocycles. The van der Waals surface area contributed by atoms with Gasteiger partial charge >= 0.3 is 0 Å². The highest BCUT2D eigenvalue weighted by atomic mass is 16.5. The van der Waals surface area contributed by atoms with Gasteiger partial charge in [-0.25, -0.2) is 0 Å². The molecule has 1 heterocycles. The van der Waals surface area contributed by atoms with E-state index in [0.717, 1.165) is 12.8 Å². The highest BCUT2D eigenvalue weighted by Crippen LogP contribution is 2.08. The molecule has 8 nitrogen and oxygen atoms in total. The Morgan fingerprint density at radius 1 is 1.04 bits per heavy atom. The third kappa shape index (κ3) is 8.55. The number of ether oxygens (including phenoxy) is 2. The van der Waals surface area contributed by atoms with Gasteiger partial charge in [-0.1, -0.05) is 6.42 Å². The summed E-state index contributed by atoms with van der Waals surface area (Å²) in [5.41, 5.74) is 5.32. The standard InChI is InChI=1S/C18H31N3O5/c1-2-20(11-13-26-15-14-25-12-9-19)16(22)6-4-3-5-10-21-17(23)7-8-18(21)24/h7-8H,2-6,9-15,19H2,1H3. The smallest absolute Gasteiger partial charge is 0.253 e. The van der Waals surface area contributed by atoms with E-state index in [1.54, 1.807) is 4.90 Å². The summed E-state index contributed by atoms with van der Waals surface area (Å²) in [5.74, 6) is -0.404. The first-order valence-electron chi connectivity index (χ1n) is 9.27. The first kappa shape index (κ1) is 22.3. The Hall–Kier alpha value is -1.77. The maximum absolute atomic E-state index is 12.2. The molecule has 2 N–H and O–H groups in total. The molecule has 1 aliphatic rings. The Balaban J connectivity index is 2.06. The van der Waals surface area contributed by atoms with Crippen LogP contribution in [0.3, 0.4) is 0 Å². The van der Waals surface area contributed by atoms with Crippen LogP contribution in [0.15, 0.2) is 12.2 Å². The van der Waals surface area contributed by atoms with Crippen LogP contribution in [0.5, 0.6) is 0 Å². The van der Waals surface area contributed by atoms with Gasteiger partial charge in [0.2, 0.25) is 5.91 Å². The predicted octanol–water partition coefficient (Wildman–Crippen LogP) is 0.312. The van der Waals surface area contributed by atoms with Crippen molar-refractivity contribution in [1.82, 2.24) is 9.80 Å². The summed E-state index contributed by atoms with van der Waals surface area (Å²) in [6, 6.07) is 0. The number of nitrogens with zero attached hydrogens (tertiary/aromatic N) is 2. The first-order valence-corrected chi connectivity index (χ1v) is 9.27. The number of carbonyl (C=O) groups excluding carboxylic acids is 3. The number of likely N-dealkylation sites (N-methyl/N-ethyl adjacent to an activating group) is 1. The van der Waals surface area contributed by atoms with Gasteiger partial charge in [-0.15, -0.1) is 0 Å². The van der Waals surface area contributed by atoms with Crippen molar-refractivity contribution < 1.29 is 23.9 Å². The second-order valence-electron chi connectivity index (χ2n) is 5.96. The molecule has 8 heteroatoms. The Labute approximate surface area is 155 Å². The minimum Gasteiger partial charge on any atom is -0.378 e. The summed E-state index contributed by atoms with van der Waals surface area (Å²) in [6.45, 7) is 6.08. The minimum absolute atomic E-state index is 0.102. The lowest BCUT2D eigenvalue weighted by Gasteiger charge is -2.21. The van der Waals surface area contributed by atoms with E-state index in [1.807, 2.05) is 6.92 Å². The Morgan fingerprint density at radius 2 is 1.69 bits per heavy atom. The van der Waals surface area contributed by atoms with Gasteiger partial charge in [-0.2, -0.15) is 0 Å². The number of carbonyl (C=O) groups is 3. The minimum atomic E-state index is -0.253. The van der Waals surface area contributed by atoms with Crippen molar-refractivity contribution in [2.75, 3.05) is 52.6 Å². The Kier molecular flexibility index (Phi) is 11.5. The summed E-state index contributed by atoms with van der Waals surface area (Å²) in [7, 11) is 0. The van der Waals surface area contributed by atoms with Crippen LogP contribution in [-0.4, -0.2) is 80.1 Å². The molecule has 0 fully saturated rings. The molecular weight excluding hydrogens is 338 g/mol. The maximum Gasteiger partial charge on any atom is 0.253 e. The fourth-order valence-corrected chi connectivity index (χ4v) is 2.57. The topological polar surface area (TPSA) is 102 Å². The molecule has 0 saturated carbocycles. The summed E-state index contributed by atoms with van der Waals surface area (Å²) >= 11 is 0. The van der Waals surface area contributed by atoms with Crippen LogP contribution in [0.4, 0.5) is 0 Å². The molecule has 0 aromatic rings. The first-order chi connectivity index (χ1) is 12.6. The molecule has 148 valence electrons. The van der Waals surface area contributed by atoms with E-state index in [-0.39, 0.29) is 17.7 Å². The predicted molar refractivity (Wildman–Crippen MR) is 97.3 cm³/mol. The van der Waals surface area contributed by atoms with Crippen LogP contribution in [0, 0.1) is 0 Å². The number of unbranched alkanes of at least 4 members (excludes halogenated alkanes) is 2.